The van der Waals surface area contributed by atoms with Crippen LogP contribution in [0.25, 0.3) is 0 Å². The number of benzene rings is 1. The summed E-state index contributed by atoms with van der Waals surface area (Å²) in [6.07, 6.45) is -4.24. The second-order valence-corrected chi connectivity index (χ2v) is 5.78. The van der Waals surface area contributed by atoms with E-state index in [9.17, 15) is 13.2 Å². The number of nitrogens with one attached hydrogen (secondary N) is 1. The van der Waals surface area contributed by atoms with Crippen molar-refractivity contribution in [2.24, 2.45) is 5.41 Å². The molecule has 0 aromatic heterocycles. The van der Waals surface area contributed by atoms with Crippen LogP contribution in [0.4, 0.5) is 18.9 Å². The number of halogens is 4. The molecular formula is C13H14BrF3N2O. The molecule has 0 atom stereocenters. The molecule has 0 fully saturated rings. The van der Waals surface area contributed by atoms with Crippen molar-refractivity contribution in [1.82, 2.24) is 0 Å². The summed E-state index contributed by atoms with van der Waals surface area (Å²) in [5.74, 6) is -0.304. The summed E-state index contributed by atoms with van der Waals surface area (Å²) in [6.45, 7) is 3.91. The fourth-order valence-corrected chi connectivity index (χ4v) is 1.76. The predicted molar refractivity (Wildman–Crippen MR) is 73.3 cm³/mol. The highest BCUT2D eigenvalue weighted by atomic mass is 79.9. The minimum atomic E-state index is -4.75. The normalized spacial score (nSPS) is 11.8. The van der Waals surface area contributed by atoms with Crippen LogP contribution in [-0.2, 0) is 0 Å². The summed E-state index contributed by atoms with van der Waals surface area (Å²) in [6, 6.07) is 6.47. The van der Waals surface area contributed by atoms with Gasteiger partial charge >= 0.3 is 6.36 Å². The van der Waals surface area contributed by atoms with Crippen molar-refractivity contribution < 1.29 is 17.9 Å². The van der Waals surface area contributed by atoms with Crippen molar-refractivity contribution in [3.63, 3.8) is 0 Å². The Labute approximate surface area is 123 Å². The minimum Gasteiger partial charge on any atom is -0.404 e. The number of nitriles is 1. The highest BCUT2D eigenvalue weighted by Gasteiger charge is 2.32. The second kappa shape index (κ2) is 6.35. The Morgan fingerprint density at radius 2 is 2.00 bits per heavy atom. The first-order valence-corrected chi connectivity index (χ1v) is 6.63. The number of anilines is 1. The van der Waals surface area contributed by atoms with Crippen LogP contribution in [0.3, 0.4) is 0 Å². The topological polar surface area (TPSA) is 45.0 Å². The van der Waals surface area contributed by atoms with Crippen molar-refractivity contribution >= 4 is 21.6 Å². The molecule has 0 saturated heterocycles. The van der Waals surface area contributed by atoms with E-state index in [1.807, 2.05) is 0 Å². The van der Waals surface area contributed by atoms with Crippen LogP contribution < -0.4 is 10.1 Å². The lowest BCUT2D eigenvalue weighted by atomic mass is 9.91. The van der Waals surface area contributed by atoms with E-state index in [1.165, 1.54) is 12.1 Å². The molecule has 1 rings (SSSR count). The van der Waals surface area contributed by atoms with E-state index >= 15 is 0 Å². The van der Waals surface area contributed by atoms with Crippen LogP contribution in [-0.4, -0.2) is 12.9 Å². The molecule has 0 radical (unpaired) electrons. The van der Waals surface area contributed by atoms with E-state index in [0.717, 1.165) is 0 Å². The number of alkyl halides is 3. The third-order valence-electron chi connectivity index (χ3n) is 2.54. The zero-order valence-electron chi connectivity index (χ0n) is 11.0. The maximum atomic E-state index is 12.3. The zero-order chi connectivity index (χ0) is 15.4. The highest BCUT2D eigenvalue weighted by molar-refractivity contribution is 9.10. The van der Waals surface area contributed by atoms with Gasteiger partial charge in [0.2, 0.25) is 0 Å². The molecule has 20 heavy (non-hydrogen) atoms. The van der Waals surface area contributed by atoms with E-state index in [-0.39, 0.29) is 11.4 Å². The van der Waals surface area contributed by atoms with Crippen LogP contribution in [0, 0.1) is 16.7 Å². The molecule has 0 aliphatic carbocycles. The second-order valence-electron chi connectivity index (χ2n) is 4.86. The Bertz CT molecular complexity index is 509. The summed E-state index contributed by atoms with van der Waals surface area (Å²) in [7, 11) is 0. The number of ether oxygens (including phenoxy) is 1. The number of hydrogen-bond donors (Lipinski definition) is 1. The summed E-state index contributed by atoms with van der Waals surface area (Å²) in [5.41, 5.74) is -0.299. The Morgan fingerprint density at radius 1 is 1.35 bits per heavy atom. The largest absolute Gasteiger partial charge is 0.573 e. The minimum absolute atomic E-state index is 0.235. The quantitative estimate of drug-likeness (QED) is 0.836. The lowest BCUT2D eigenvalue weighted by molar-refractivity contribution is -0.274. The molecule has 0 unspecified atom stereocenters. The molecule has 3 nitrogen and oxygen atoms in total. The zero-order valence-corrected chi connectivity index (χ0v) is 12.6. The van der Waals surface area contributed by atoms with E-state index in [4.69, 9.17) is 5.26 Å². The molecule has 1 aromatic carbocycles. The summed E-state index contributed by atoms with van der Waals surface area (Å²) < 4.78 is 41.4. The van der Waals surface area contributed by atoms with Gasteiger partial charge in [0.1, 0.15) is 0 Å². The lowest BCUT2D eigenvalue weighted by Crippen LogP contribution is -2.19. The van der Waals surface area contributed by atoms with Crippen LogP contribution in [0.5, 0.6) is 5.75 Å². The highest BCUT2D eigenvalue weighted by Crippen LogP contribution is 2.33. The molecule has 1 aromatic rings. The van der Waals surface area contributed by atoms with Crippen LogP contribution in [0.1, 0.15) is 20.3 Å². The first-order chi connectivity index (χ1) is 9.13. The van der Waals surface area contributed by atoms with Crippen molar-refractivity contribution in [3.05, 3.63) is 22.7 Å². The van der Waals surface area contributed by atoms with Gasteiger partial charge in [-0.05, 0) is 38.5 Å². The van der Waals surface area contributed by atoms with Crippen molar-refractivity contribution in [1.29, 1.82) is 5.26 Å². The lowest BCUT2D eigenvalue weighted by Gasteiger charge is -2.18. The molecule has 1 N–H and O–H groups in total. The fourth-order valence-electron chi connectivity index (χ4n) is 1.42. The molecule has 0 saturated carbocycles. The van der Waals surface area contributed by atoms with Crippen LogP contribution >= 0.6 is 15.9 Å². The Morgan fingerprint density at radius 3 is 2.55 bits per heavy atom. The fraction of sp³-hybridized carbons (Fsp3) is 0.462. The maximum absolute atomic E-state index is 12.3. The molecule has 0 aliphatic heterocycles. The van der Waals surface area contributed by atoms with E-state index in [2.05, 4.69) is 32.1 Å². The number of hydrogen-bond acceptors (Lipinski definition) is 3. The van der Waals surface area contributed by atoms with E-state index in [1.54, 1.807) is 19.9 Å². The van der Waals surface area contributed by atoms with Gasteiger partial charge in [0.05, 0.1) is 17.2 Å². The van der Waals surface area contributed by atoms with Crippen molar-refractivity contribution in [2.45, 2.75) is 26.6 Å². The molecule has 7 heteroatoms. The van der Waals surface area contributed by atoms with Gasteiger partial charge in [-0.15, -0.1) is 13.2 Å². The van der Waals surface area contributed by atoms with Gasteiger partial charge in [0.15, 0.2) is 5.75 Å². The van der Waals surface area contributed by atoms with Crippen molar-refractivity contribution in [3.8, 4) is 11.8 Å². The van der Waals surface area contributed by atoms with Gasteiger partial charge < -0.3 is 10.1 Å². The average Bonchev–Trinajstić information content (AvgIpc) is 2.30. The number of nitrogens with zero attached hydrogens (tertiary/aromatic N) is 1. The first kappa shape index (κ1) is 16.6. The monoisotopic (exact) mass is 350 g/mol. The first-order valence-electron chi connectivity index (χ1n) is 5.83. The van der Waals surface area contributed by atoms with Gasteiger partial charge in [-0.1, -0.05) is 15.9 Å². The Hall–Kier alpha value is -1.42. The van der Waals surface area contributed by atoms with Gasteiger partial charge in [-0.2, -0.15) is 5.26 Å². The predicted octanol–water partition coefficient (Wildman–Crippen LogP) is 4.70. The summed E-state index contributed by atoms with van der Waals surface area (Å²) in [4.78, 5) is 0. The van der Waals surface area contributed by atoms with E-state index < -0.39 is 11.8 Å². The molecule has 0 heterocycles. The maximum Gasteiger partial charge on any atom is 0.573 e. The smallest absolute Gasteiger partial charge is 0.404 e. The molecule has 110 valence electrons. The van der Waals surface area contributed by atoms with E-state index in [0.29, 0.717) is 17.4 Å². The third kappa shape index (κ3) is 5.70. The summed E-state index contributed by atoms with van der Waals surface area (Å²) >= 11 is 3.10. The number of rotatable bonds is 5. The molecule has 0 aliphatic rings. The van der Waals surface area contributed by atoms with Crippen LogP contribution in [0.15, 0.2) is 22.7 Å². The Kier molecular flexibility index (Phi) is 5.28. The molecule has 0 spiro atoms. The Balaban J connectivity index is 2.77. The van der Waals surface area contributed by atoms with Gasteiger partial charge in [0.25, 0.3) is 0 Å². The molecular weight excluding hydrogens is 337 g/mol. The van der Waals surface area contributed by atoms with Gasteiger partial charge in [0, 0.05) is 11.0 Å². The van der Waals surface area contributed by atoms with Crippen LogP contribution in [0.2, 0.25) is 0 Å². The third-order valence-corrected chi connectivity index (χ3v) is 3.03. The standard InChI is InChI=1S/C13H14BrF3N2O/c1-12(2,8-18)5-6-19-10-4-3-9(14)7-11(10)20-13(15,16)17/h3-4,7,19H,5-6H2,1-2H3. The van der Waals surface area contributed by atoms with Gasteiger partial charge in [-0.3, -0.25) is 0 Å². The molecule has 0 bridgehead atoms. The average molecular weight is 351 g/mol. The molecule has 0 amide bonds. The van der Waals surface area contributed by atoms with Crippen molar-refractivity contribution in [2.75, 3.05) is 11.9 Å². The SMILES string of the molecule is CC(C)(C#N)CCNc1ccc(Br)cc1OC(F)(F)F. The summed E-state index contributed by atoms with van der Waals surface area (Å²) in [5, 5.41) is 11.7. The van der Waals surface area contributed by atoms with Gasteiger partial charge in [-0.25, -0.2) is 0 Å².